The molecule has 0 bridgehead atoms. The summed E-state index contributed by atoms with van der Waals surface area (Å²) < 4.78 is 27.3. The lowest BCUT2D eigenvalue weighted by molar-refractivity contribution is 0.0115. The van der Waals surface area contributed by atoms with Crippen molar-refractivity contribution in [1.29, 1.82) is 0 Å². The first-order chi connectivity index (χ1) is 18.4. The van der Waals surface area contributed by atoms with Gasteiger partial charge in [-0.05, 0) is 64.2 Å². The van der Waals surface area contributed by atoms with Crippen LogP contribution in [0, 0.1) is 0 Å². The van der Waals surface area contributed by atoms with Crippen molar-refractivity contribution in [3.8, 4) is 22.5 Å². The summed E-state index contributed by atoms with van der Waals surface area (Å²) in [6.07, 6.45) is 11.0. The molecule has 1 aliphatic heterocycles. The van der Waals surface area contributed by atoms with E-state index in [1.54, 1.807) is 28.6 Å². The maximum Gasteiger partial charge on any atom is 0.261 e. The maximum absolute atomic E-state index is 13.6. The number of halogens is 2. The number of pyridine rings is 2. The van der Waals surface area contributed by atoms with Crippen molar-refractivity contribution in [2.45, 2.75) is 25.8 Å². The zero-order valence-corrected chi connectivity index (χ0v) is 21.7. The molecule has 6 nitrogen and oxygen atoms in total. The lowest BCUT2D eigenvalue weighted by atomic mass is 10.0. The molecular formula is C29H26F2N6S. The third-order valence-corrected chi connectivity index (χ3v) is 7.58. The average Bonchev–Trinajstić information content (AvgIpc) is 3.70. The van der Waals surface area contributed by atoms with Crippen LogP contribution in [0.3, 0.4) is 0 Å². The lowest BCUT2D eigenvalue weighted by Crippen LogP contribution is -2.25. The van der Waals surface area contributed by atoms with Crippen molar-refractivity contribution in [2.24, 2.45) is 0 Å². The molecule has 5 aromatic heterocycles. The van der Waals surface area contributed by atoms with Crippen molar-refractivity contribution >= 4 is 40.0 Å². The van der Waals surface area contributed by atoms with Gasteiger partial charge in [-0.15, -0.1) is 0 Å². The summed E-state index contributed by atoms with van der Waals surface area (Å²) in [6.45, 7) is 6.85. The minimum atomic E-state index is -2.61. The Bertz CT molecular complexity index is 1750. The second-order valence-electron chi connectivity index (χ2n) is 9.60. The molecule has 192 valence electrons. The first-order valence-corrected chi connectivity index (χ1v) is 13.3. The van der Waals surface area contributed by atoms with Gasteiger partial charge in [0.15, 0.2) is 0 Å². The van der Waals surface area contributed by atoms with Crippen molar-refractivity contribution < 1.29 is 8.78 Å². The third kappa shape index (κ3) is 4.70. The van der Waals surface area contributed by atoms with E-state index in [1.165, 1.54) is 0 Å². The van der Waals surface area contributed by atoms with Crippen LogP contribution in [0.5, 0.6) is 0 Å². The highest BCUT2D eigenvalue weighted by atomic mass is 32.1. The summed E-state index contributed by atoms with van der Waals surface area (Å²) in [5.41, 5.74) is 7.25. The topological polar surface area (TPSA) is 73.5 Å². The molecule has 0 aromatic carbocycles. The Hall–Kier alpha value is -3.95. The first-order valence-electron chi connectivity index (χ1n) is 12.4. The molecule has 38 heavy (non-hydrogen) atoms. The van der Waals surface area contributed by atoms with Crippen LogP contribution in [-0.2, 0) is 6.54 Å². The Morgan fingerprint density at radius 3 is 2.84 bits per heavy atom. The van der Waals surface area contributed by atoms with Crippen LogP contribution in [0.25, 0.3) is 51.1 Å². The molecule has 0 radical (unpaired) electrons. The average molecular weight is 529 g/mol. The van der Waals surface area contributed by atoms with E-state index in [9.17, 15) is 8.78 Å². The van der Waals surface area contributed by atoms with Gasteiger partial charge in [0.05, 0.1) is 29.3 Å². The molecule has 1 saturated heterocycles. The number of fused-ring (bicyclic) bond motifs is 1. The molecule has 9 heteroatoms. The molecule has 1 fully saturated rings. The van der Waals surface area contributed by atoms with Crippen LogP contribution < -0.4 is 10.6 Å². The van der Waals surface area contributed by atoms with Gasteiger partial charge in [-0.3, -0.25) is 20.0 Å². The predicted molar refractivity (Wildman–Crippen MR) is 149 cm³/mol. The summed E-state index contributed by atoms with van der Waals surface area (Å²) in [7, 11) is 0. The van der Waals surface area contributed by atoms with Gasteiger partial charge in [-0.2, -0.15) is 16.4 Å². The standard InChI is InChI=1S/C29H26F2N6S/c1-3-25-23(8-18(2)21-9-19(11-32-12-21)15-37-6-5-29(30,31)17-37)28(36-35-25)26-10-22-24(20-4-7-38-16-20)13-33-14-27(22)34-26/h3-4,7-14,16,34-35H,2,5-6,15,17H2,1H3/b23-8+,25-3+. The second kappa shape index (κ2) is 9.74. The fourth-order valence-corrected chi connectivity index (χ4v) is 5.63. The van der Waals surface area contributed by atoms with Gasteiger partial charge in [0.2, 0.25) is 0 Å². The number of hydrogen-bond acceptors (Lipinski definition) is 5. The summed E-state index contributed by atoms with van der Waals surface area (Å²) >= 11 is 1.65. The van der Waals surface area contributed by atoms with Crippen LogP contribution in [0.4, 0.5) is 8.78 Å². The highest BCUT2D eigenvalue weighted by molar-refractivity contribution is 7.08. The molecule has 5 aromatic rings. The van der Waals surface area contributed by atoms with E-state index in [4.69, 9.17) is 0 Å². The summed E-state index contributed by atoms with van der Waals surface area (Å²) in [5, 5.41) is 14.8. The molecule has 0 amide bonds. The van der Waals surface area contributed by atoms with Crippen molar-refractivity contribution in [3.63, 3.8) is 0 Å². The Kier molecular flexibility index (Phi) is 6.25. The minimum absolute atomic E-state index is 0.0985. The van der Waals surface area contributed by atoms with Gasteiger partial charge in [0.25, 0.3) is 5.92 Å². The molecule has 2 N–H and O–H groups in total. The van der Waals surface area contributed by atoms with Crippen molar-refractivity contribution in [2.75, 3.05) is 13.1 Å². The van der Waals surface area contributed by atoms with Crippen molar-refractivity contribution in [3.05, 3.63) is 82.0 Å². The SMILES string of the molecule is C=C(/C=c1/c(-c2cc3c(-c4ccsc4)cncc3[nH]2)n[nH]/c1=C/C)c1cncc(CN2CCC(F)(F)C2)c1. The molecule has 0 atom stereocenters. The van der Waals surface area contributed by atoms with E-state index < -0.39 is 5.92 Å². The van der Waals surface area contributed by atoms with Crippen LogP contribution in [0.2, 0.25) is 0 Å². The summed E-state index contributed by atoms with van der Waals surface area (Å²) in [6, 6.07) is 6.17. The van der Waals surface area contributed by atoms with E-state index in [0.29, 0.717) is 13.1 Å². The number of H-pyrrole nitrogens is 2. The number of aromatic amines is 2. The molecule has 0 aliphatic carbocycles. The molecule has 6 heterocycles. The number of aromatic nitrogens is 5. The fraction of sp³-hybridized carbons (Fsp3) is 0.207. The van der Waals surface area contributed by atoms with Crippen LogP contribution in [0.15, 0.2) is 60.3 Å². The smallest absolute Gasteiger partial charge is 0.261 e. The van der Waals surface area contributed by atoms with Crippen LogP contribution in [0.1, 0.15) is 24.5 Å². The number of rotatable bonds is 6. The minimum Gasteiger partial charge on any atom is -0.352 e. The van der Waals surface area contributed by atoms with E-state index in [2.05, 4.69) is 54.6 Å². The number of nitrogens with zero attached hydrogens (tertiary/aromatic N) is 4. The number of hydrogen-bond donors (Lipinski definition) is 2. The van der Waals surface area contributed by atoms with Gasteiger partial charge in [0.1, 0.15) is 5.69 Å². The normalized spacial score (nSPS) is 16.6. The van der Waals surface area contributed by atoms with Gasteiger partial charge in [-0.1, -0.05) is 12.7 Å². The zero-order valence-electron chi connectivity index (χ0n) is 20.8. The molecule has 1 aliphatic rings. The summed E-state index contributed by atoms with van der Waals surface area (Å²) in [4.78, 5) is 14.0. The lowest BCUT2D eigenvalue weighted by Gasteiger charge is -2.15. The van der Waals surface area contributed by atoms with Gasteiger partial charge in [0, 0.05) is 54.3 Å². The Morgan fingerprint density at radius 1 is 1.21 bits per heavy atom. The number of nitrogens with one attached hydrogen (secondary N) is 2. The summed E-state index contributed by atoms with van der Waals surface area (Å²) in [5.74, 6) is -2.61. The molecule has 6 rings (SSSR count). The van der Waals surface area contributed by atoms with E-state index in [1.807, 2.05) is 37.5 Å². The Balaban J connectivity index is 1.35. The quantitative estimate of drug-likeness (QED) is 0.317. The number of allylic oxidation sites excluding steroid dienone is 1. The Morgan fingerprint density at radius 2 is 2.08 bits per heavy atom. The largest absolute Gasteiger partial charge is 0.352 e. The van der Waals surface area contributed by atoms with Crippen LogP contribution >= 0.6 is 11.3 Å². The fourth-order valence-electron chi connectivity index (χ4n) is 4.97. The molecular weight excluding hydrogens is 502 g/mol. The molecule has 0 saturated carbocycles. The van der Waals surface area contributed by atoms with Gasteiger partial charge >= 0.3 is 0 Å². The van der Waals surface area contributed by atoms with Gasteiger partial charge in [-0.25, -0.2) is 8.78 Å². The van der Waals surface area contributed by atoms with Crippen molar-refractivity contribution in [1.82, 2.24) is 30.0 Å². The maximum atomic E-state index is 13.6. The predicted octanol–water partition coefficient (Wildman–Crippen LogP) is 5.21. The van der Waals surface area contributed by atoms with E-state index in [0.717, 1.165) is 60.7 Å². The van der Waals surface area contributed by atoms with E-state index in [-0.39, 0.29) is 13.0 Å². The molecule has 0 spiro atoms. The van der Waals surface area contributed by atoms with Gasteiger partial charge < -0.3 is 4.98 Å². The monoisotopic (exact) mass is 528 g/mol. The Labute approximate surface area is 222 Å². The third-order valence-electron chi connectivity index (χ3n) is 6.89. The zero-order chi connectivity index (χ0) is 26.3. The number of likely N-dealkylation sites (tertiary alicyclic amines) is 1. The first kappa shape index (κ1) is 24.4. The molecule has 0 unspecified atom stereocenters. The number of thiophene rings is 1. The van der Waals surface area contributed by atoms with Crippen LogP contribution in [-0.4, -0.2) is 49.1 Å². The highest BCUT2D eigenvalue weighted by Gasteiger charge is 2.37. The van der Waals surface area contributed by atoms with E-state index >= 15 is 0 Å². The second-order valence-corrected chi connectivity index (χ2v) is 10.4. The number of alkyl halides is 2. The highest BCUT2D eigenvalue weighted by Crippen LogP contribution is 2.32.